The summed E-state index contributed by atoms with van der Waals surface area (Å²) in [5.74, 6) is -0.333. The van der Waals surface area contributed by atoms with Gasteiger partial charge in [-0.3, -0.25) is 9.59 Å². The summed E-state index contributed by atoms with van der Waals surface area (Å²) in [6, 6.07) is 14.0. The summed E-state index contributed by atoms with van der Waals surface area (Å²) in [5.41, 5.74) is 1.50. The van der Waals surface area contributed by atoms with Gasteiger partial charge in [-0.05, 0) is 56.7 Å². The summed E-state index contributed by atoms with van der Waals surface area (Å²) >= 11 is 1.15. The van der Waals surface area contributed by atoms with Gasteiger partial charge in [0.2, 0.25) is 0 Å². The molecule has 0 aliphatic rings. The normalized spacial score (nSPS) is 10.9. The van der Waals surface area contributed by atoms with Gasteiger partial charge in [-0.15, -0.1) is 11.3 Å². The maximum Gasteiger partial charge on any atom is 0.359 e. The van der Waals surface area contributed by atoms with E-state index in [9.17, 15) is 14.4 Å². The molecule has 0 unspecified atom stereocenters. The fraction of sp³-hybridized carbons (Fsp3) is 0.259. The largest absolute Gasteiger partial charge is 0.494 e. The van der Waals surface area contributed by atoms with E-state index in [2.05, 4.69) is 17.3 Å². The summed E-state index contributed by atoms with van der Waals surface area (Å²) in [6.07, 6.45) is 1.99. The van der Waals surface area contributed by atoms with Crippen molar-refractivity contribution in [3.05, 3.63) is 81.1 Å². The Bertz CT molecular complexity index is 1440. The van der Waals surface area contributed by atoms with E-state index < -0.39 is 11.5 Å². The van der Waals surface area contributed by atoms with Crippen molar-refractivity contribution in [2.45, 2.75) is 33.6 Å². The van der Waals surface area contributed by atoms with Crippen molar-refractivity contribution >= 4 is 39.0 Å². The second-order valence-electron chi connectivity index (χ2n) is 8.16. The lowest BCUT2D eigenvalue weighted by Crippen LogP contribution is -2.25. The molecule has 4 aromatic rings. The van der Waals surface area contributed by atoms with Gasteiger partial charge < -0.3 is 14.8 Å². The van der Waals surface area contributed by atoms with Crippen LogP contribution in [0.2, 0.25) is 0 Å². The number of rotatable bonds is 9. The number of anilines is 1. The van der Waals surface area contributed by atoms with Crippen LogP contribution in [0.1, 0.15) is 53.1 Å². The average Bonchev–Trinajstić information content (AvgIpc) is 3.29. The number of carbonyl (C=O) groups excluding carboxylic acids is 2. The number of hydrogen-bond acceptors (Lipinski definition) is 7. The molecule has 1 amide bonds. The lowest BCUT2D eigenvalue weighted by molar-refractivity contribution is 0.0520. The number of fused-ring (bicyclic) bond motifs is 1. The molecule has 4 rings (SSSR count). The molecule has 0 fully saturated rings. The molecule has 0 radical (unpaired) electrons. The number of carbonyl (C=O) groups is 2. The summed E-state index contributed by atoms with van der Waals surface area (Å²) in [6.45, 7) is 6.51. The van der Waals surface area contributed by atoms with Crippen LogP contribution in [-0.4, -0.2) is 34.9 Å². The highest BCUT2D eigenvalue weighted by Gasteiger charge is 2.23. The zero-order valence-corrected chi connectivity index (χ0v) is 21.2. The number of amides is 1. The van der Waals surface area contributed by atoms with Gasteiger partial charge in [-0.2, -0.15) is 9.78 Å². The second kappa shape index (κ2) is 11.2. The number of nitrogens with one attached hydrogen (secondary N) is 1. The third kappa shape index (κ3) is 5.31. The number of unbranched alkanes of at least 4 members (excludes halogenated alkanes) is 1. The van der Waals surface area contributed by atoms with Crippen molar-refractivity contribution in [2.75, 3.05) is 18.5 Å². The monoisotopic (exact) mass is 505 g/mol. The van der Waals surface area contributed by atoms with Gasteiger partial charge in [0, 0.05) is 16.3 Å². The first-order valence-corrected chi connectivity index (χ1v) is 12.6. The molecule has 0 spiro atoms. The van der Waals surface area contributed by atoms with E-state index in [1.54, 1.807) is 48.7 Å². The molecule has 186 valence electrons. The first kappa shape index (κ1) is 25.1. The zero-order valence-electron chi connectivity index (χ0n) is 20.4. The molecule has 8 nitrogen and oxygen atoms in total. The van der Waals surface area contributed by atoms with Crippen LogP contribution >= 0.6 is 11.3 Å². The maximum absolute atomic E-state index is 13.5. The average molecular weight is 506 g/mol. The Morgan fingerprint density at radius 3 is 2.44 bits per heavy atom. The van der Waals surface area contributed by atoms with E-state index in [1.165, 1.54) is 4.68 Å². The van der Waals surface area contributed by atoms with Gasteiger partial charge in [0.15, 0.2) is 5.69 Å². The molecule has 0 aliphatic carbocycles. The molecular weight excluding hydrogens is 478 g/mol. The number of ether oxygens (including phenoxy) is 2. The first-order chi connectivity index (χ1) is 17.4. The molecule has 0 saturated heterocycles. The van der Waals surface area contributed by atoms with Crippen LogP contribution in [0.5, 0.6) is 5.75 Å². The topological polar surface area (TPSA) is 99.5 Å². The van der Waals surface area contributed by atoms with Crippen molar-refractivity contribution in [3.8, 4) is 11.4 Å². The van der Waals surface area contributed by atoms with Crippen LogP contribution in [0.25, 0.3) is 16.5 Å². The van der Waals surface area contributed by atoms with Crippen molar-refractivity contribution in [1.29, 1.82) is 0 Å². The van der Waals surface area contributed by atoms with E-state index in [1.807, 2.05) is 19.1 Å². The SMILES string of the molecule is CCCCOc1ccc(C(=O)Nc2scc3c(C(=O)OCC)nn(-c4ccc(C)cc4)c(=O)c23)cc1. The van der Waals surface area contributed by atoms with Gasteiger partial charge in [0.05, 0.1) is 24.3 Å². The van der Waals surface area contributed by atoms with Crippen LogP contribution in [0.4, 0.5) is 5.00 Å². The third-order valence-electron chi connectivity index (χ3n) is 5.51. The predicted molar refractivity (Wildman–Crippen MR) is 141 cm³/mol. The molecule has 2 aromatic heterocycles. The third-order valence-corrected chi connectivity index (χ3v) is 6.41. The summed E-state index contributed by atoms with van der Waals surface area (Å²) < 4.78 is 12.0. The minimum absolute atomic E-state index is 0.0114. The maximum atomic E-state index is 13.5. The molecule has 36 heavy (non-hydrogen) atoms. The number of nitrogens with zero attached hydrogens (tertiary/aromatic N) is 2. The van der Waals surface area contributed by atoms with Crippen molar-refractivity contribution in [3.63, 3.8) is 0 Å². The smallest absolute Gasteiger partial charge is 0.359 e. The van der Waals surface area contributed by atoms with Crippen LogP contribution in [0.15, 0.2) is 58.7 Å². The minimum atomic E-state index is -0.641. The molecule has 0 atom stereocenters. The summed E-state index contributed by atoms with van der Waals surface area (Å²) in [4.78, 5) is 39.2. The van der Waals surface area contributed by atoms with Gasteiger partial charge in [0.25, 0.3) is 11.5 Å². The van der Waals surface area contributed by atoms with Gasteiger partial charge in [-0.25, -0.2) is 4.79 Å². The lowest BCUT2D eigenvalue weighted by atomic mass is 10.2. The van der Waals surface area contributed by atoms with Crippen LogP contribution in [-0.2, 0) is 4.74 Å². The number of hydrogen-bond donors (Lipinski definition) is 1. The summed E-state index contributed by atoms with van der Waals surface area (Å²) in [7, 11) is 0. The van der Waals surface area contributed by atoms with Crippen molar-refractivity contribution < 1.29 is 19.1 Å². The van der Waals surface area contributed by atoms with Crippen LogP contribution < -0.4 is 15.6 Å². The highest BCUT2D eigenvalue weighted by atomic mass is 32.1. The Balaban J connectivity index is 1.71. The highest BCUT2D eigenvalue weighted by Crippen LogP contribution is 2.31. The van der Waals surface area contributed by atoms with Gasteiger partial charge in [0.1, 0.15) is 10.8 Å². The molecule has 1 N–H and O–H groups in total. The highest BCUT2D eigenvalue weighted by molar-refractivity contribution is 7.16. The molecule has 9 heteroatoms. The Kier molecular flexibility index (Phi) is 7.80. The lowest BCUT2D eigenvalue weighted by Gasteiger charge is -2.10. The number of aromatic nitrogens is 2. The van der Waals surface area contributed by atoms with E-state index in [0.29, 0.717) is 34.0 Å². The van der Waals surface area contributed by atoms with E-state index in [0.717, 1.165) is 29.7 Å². The Morgan fingerprint density at radius 1 is 1.06 bits per heavy atom. The predicted octanol–water partition coefficient (Wildman–Crippen LogP) is 5.36. The van der Waals surface area contributed by atoms with Gasteiger partial charge >= 0.3 is 5.97 Å². The van der Waals surface area contributed by atoms with Crippen LogP contribution in [0.3, 0.4) is 0 Å². The molecule has 2 aromatic carbocycles. The molecule has 0 bridgehead atoms. The zero-order chi connectivity index (χ0) is 25.7. The number of esters is 1. The van der Waals surface area contributed by atoms with Crippen LogP contribution in [0, 0.1) is 6.92 Å². The number of thiophene rings is 1. The van der Waals surface area contributed by atoms with E-state index in [4.69, 9.17) is 9.47 Å². The van der Waals surface area contributed by atoms with E-state index >= 15 is 0 Å². The fourth-order valence-corrected chi connectivity index (χ4v) is 4.50. The fourth-order valence-electron chi connectivity index (χ4n) is 3.57. The Hall–Kier alpha value is -3.98. The van der Waals surface area contributed by atoms with Gasteiger partial charge in [-0.1, -0.05) is 31.0 Å². The number of benzene rings is 2. The Labute approximate surface area is 212 Å². The minimum Gasteiger partial charge on any atom is -0.494 e. The summed E-state index contributed by atoms with van der Waals surface area (Å²) in [5, 5.41) is 9.65. The Morgan fingerprint density at radius 2 is 1.78 bits per heavy atom. The van der Waals surface area contributed by atoms with E-state index in [-0.39, 0.29) is 23.6 Å². The molecular formula is C27H27N3O5S. The van der Waals surface area contributed by atoms with Crippen molar-refractivity contribution in [1.82, 2.24) is 9.78 Å². The number of aryl methyl sites for hydroxylation is 1. The van der Waals surface area contributed by atoms with Crippen molar-refractivity contribution in [2.24, 2.45) is 0 Å². The quantitative estimate of drug-likeness (QED) is 0.243. The first-order valence-electron chi connectivity index (χ1n) is 11.8. The molecule has 2 heterocycles. The standard InChI is InChI=1S/C27H27N3O5S/c1-4-6-15-35-20-13-9-18(10-14-20)24(31)28-25-22-21(16-36-25)23(27(33)34-5-2)29-30(26(22)32)19-11-7-17(3)8-12-19/h7-14,16H,4-6,15H2,1-3H3,(H,28,31). The second-order valence-corrected chi connectivity index (χ2v) is 9.04. The molecule has 0 saturated carbocycles. The molecule has 0 aliphatic heterocycles.